The number of carbonyl (C=O) groups excluding carboxylic acids is 2. The normalized spacial score (nSPS) is 9.48. The summed E-state index contributed by atoms with van der Waals surface area (Å²) < 4.78 is 5.18. The average Bonchev–Trinajstić information content (AvgIpc) is 2.46. The third-order valence-corrected chi connectivity index (χ3v) is 2.79. The van der Waals surface area contributed by atoms with Crippen molar-refractivity contribution < 1.29 is 14.3 Å². The minimum Gasteiger partial charge on any atom is -0.495 e. The molecule has 0 bridgehead atoms. The number of nitrogens with one attached hydrogen (secondary N) is 3. The molecule has 7 heteroatoms. The van der Waals surface area contributed by atoms with Crippen LogP contribution >= 0.6 is 12.4 Å². The number of anilines is 1. The first kappa shape index (κ1) is 19.2. The lowest BCUT2D eigenvalue weighted by atomic mass is 10.1. The second-order valence-electron chi connectivity index (χ2n) is 4.25. The van der Waals surface area contributed by atoms with Gasteiger partial charge in [-0.05, 0) is 38.2 Å². The largest absolute Gasteiger partial charge is 0.495 e. The van der Waals surface area contributed by atoms with Gasteiger partial charge in [-0.3, -0.25) is 9.59 Å². The van der Waals surface area contributed by atoms with E-state index in [4.69, 9.17) is 4.74 Å². The van der Waals surface area contributed by atoms with Crippen molar-refractivity contribution in [1.82, 2.24) is 10.6 Å². The molecule has 1 rings (SSSR count). The summed E-state index contributed by atoms with van der Waals surface area (Å²) in [4.78, 5) is 23.4. The molecule has 0 aliphatic rings. The van der Waals surface area contributed by atoms with Crippen molar-refractivity contribution >= 4 is 29.9 Å². The first-order chi connectivity index (χ1) is 9.62. The molecule has 3 N–H and O–H groups in total. The van der Waals surface area contributed by atoms with Gasteiger partial charge in [0.05, 0.1) is 12.8 Å². The number of amides is 2. The van der Waals surface area contributed by atoms with Gasteiger partial charge < -0.3 is 20.7 Å². The number of methoxy groups -OCH3 is 1. The Balaban J connectivity index is 0.00000400. The van der Waals surface area contributed by atoms with E-state index in [9.17, 15) is 9.59 Å². The predicted molar refractivity (Wildman–Crippen MR) is 85.4 cm³/mol. The average molecular weight is 316 g/mol. The molecule has 6 nitrogen and oxygen atoms in total. The zero-order chi connectivity index (χ0) is 15.0. The van der Waals surface area contributed by atoms with Gasteiger partial charge in [0, 0.05) is 19.0 Å². The SMILES string of the molecule is CNCCCC(=O)Nc1cc(C(=O)NC)ccc1OC.Cl. The number of hydrogen-bond acceptors (Lipinski definition) is 4. The van der Waals surface area contributed by atoms with E-state index < -0.39 is 0 Å². The van der Waals surface area contributed by atoms with Gasteiger partial charge in [-0.1, -0.05) is 0 Å². The van der Waals surface area contributed by atoms with Gasteiger partial charge in [-0.2, -0.15) is 0 Å². The van der Waals surface area contributed by atoms with E-state index >= 15 is 0 Å². The molecule has 0 aromatic heterocycles. The van der Waals surface area contributed by atoms with E-state index in [0.29, 0.717) is 23.4 Å². The molecule has 2 amide bonds. The summed E-state index contributed by atoms with van der Waals surface area (Å²) in [6, 6.07) is 4.91. The van der Waals surface area contributed by atoms with E-state index in [1.165, 1.54) is 7.11 Å². The third-order valence-electron chi connectivity index (χ3n) is 2.79. The first-order valence-electron chi connectivity index (χ1n) is 6.47. The Morgan fingerprint density at radius 1 is 1.24 bits per heavy atom. The molecule has 0 aliphatic carbocycles. The van der Waals surface area contributed by atoms with Crippen LogP contribution in [0.1, 0.15) is 23.2 Å². The van der Waals surface area contributed by atoms with Crippen LogP contribution in [-0.2, 0) is 4.79 Å². The van der Waals surface area contributed by atoms with Crippen molar-refractivity contribution in [3.8, 4) is 5.75 Å². The number of benzene rings is 1. The van der Waals surface area contributed by atoms with E-state index in [2.05, 4.69) is 16.0 Å². The van der Waals surface area contributed by atoms with Crippen molar-refractivity contribution in [2.75, 3.05) is 33.1 Å². The number of carbonyl (C=O) groups is 2. The smallest absolute Gasteiger partial charge is 0.251 e. The molecule has 0 radical (unpaired) electrons. The summed E-state index contributed by atoms with van der Waals surface area (Å²) in [6.45, 7) is 0.781. The highest BCUT2D eigenvalue weighted by molar-refractivity contribution is 5.98. The van der Waals surface area contributed by atoms with Crippen LogP contribution in [-0.4, -0.2) is 39.6 Å². The molecule has 0 aliphatic heterocycles. The summed E-state index contributed by atoms with van der Waals surface area (Å²) in [7, 11) is 4.92. The molecule has 118 valence electrons. The molecule has 0 atom stereocenters. The minimum atomic E-state index is -0.210. The standard InChI is InChI=1S/C14H21N3O3.ClH/c1-15-8-4-5-13(18)17-11-9-10(14(19)16-2)6-7-12(11)20-3;/h6-7,9,15H,4-5,8H2,1-3H3,(H,16,19)(H,17,18);1H. The molecule has 0 spiro atoms. The topological polar surface area (TPSA) is 79.5 Å². The Morgan fingerprint density at radius 3 is 2.52 bits per heavy atom. The van der Waals surface area contributed by atoms with Crippen LogP contribution in [0, 0.1) is 0 Å². The minimum absolute atomic E-state index is 0. The Hall–Kier alpha value is -1.79. The van der Waals surface area contributed by atoms with Gasteiger partial charge in [0.2, 0.25) is 5.91 Å². The fourth-order valence-corrected chi connectivity index (χ4v) is 1.73. The number of rotatable bonds is 7. The van der Waals surface area contributed by atoms with Crippen LogP contribution in [0.25, 0.3) is 0 Å². The Kier molecular flexibility index (Phi) is 9.16. The quantitative estimate of drug-likeness (QED) is 0.665. The lowest BCUT2D eigenvalue weighted by Crippen LogP contribution is -2.19. The van der Waals surface area contributed by atoms with Crippen molar-refractivity contribution in [3.05, 3.63) is 23.8 Å². The van der Waals surface area contributed by atoms with Crippen LogP contribution < -0.4 is 20.7 Å². The van der Waals surface area contributed by atoms with Gasteiger partial charge in [0.15, 0.2) is 0 Å². The van der Waals surface area contributed by atoms with Gasteiger partial charge in [-0.25, -0.2) is 0 Å². The zero-order valence-electron chi connectivity index (χ0n) is 12.5. The summed E-state index contributed by atoms with van der Waals surface area (Å²) in [6.07, 6.45) is 1.16. The second kappa shape index (κ2) is 10.0. The Bertz CT molecular complexity index is 481. The van der Waals surface area contributed by atoms with Gasteiger partial charge in [0.25, 0.3) is 5.91 Å². The maximum atomic E-state index is 11.8. The van der Waals surface area contributed by atoms with E-state index in [1.54, 1.807) is 25.2 Å². The molecular formula is C14H22ClN3O3. The molecule has 0 saturated heterocycles. The Morgan fingerprint density at radius 2 is 1.95 bits per heavy atom. The summed E-state index contributed by atoms with van der Waals surface area (Å²) >= 11 is 0. The van der Waals surface area contributed by atoms with Crippen molar-refractivity contribution in [2.24, 2.45) is 0 Å². The van der Waals surface area contributed by atoms with E-state index in [-0.39, 0.29) is 24.2 Å². The van der Waals surface area contributed by atoms with Crippen LogP contribution in [0.15, 0.2) is 18.2 Å². The maximum absolute atomic E-state index is 11.8. The van der Waals surface area contributed by atoms with Crippen molar-refractivity contribution in [1.29, 1.82) is 0 Å². The lowest BCUT2D eigenvalue weighted by Gasteiger charge is -2.11. The van der Waals surface area contributed by atoms with Crippen LogP contribution in [0.4, 0.5) is 5.69 Å². The van der Waals surface area contributed by atoms with E-state index in [0.717, 1.165) is 13.0 Å². The van der Waals surface area contributed by atoms with E-state index in [1.807, 2.05) is 7.05 Å². The number of hydrogen-bond donors (Lipinski definition) is 3. The predicted octanol–water partition coefficient (Wildman–Crippen LogP) is 1.41. The van der Waals surface area contributed by atoms with Crippen LogP contribution in [0.5, 0.6) is 5.75 Å². The fourth-order valence-electron chi connectivity index (χ4n) is 1.73. The lowest BCUT2D eigenvalue weighted by molar-refractivity contribution is -0.116. The molecule has 0 saturated carbocycles. The van der Waals surface area contributed by atoms with Crippen molar-refractivity contribution in [2.45, 2.75) is 12.8 Å². The van der Waals surface area contributed by atoms with Crippen molar-refractivity contribution in [3.63, 3.8) is 0 Å². The molecule has 21 heavy (non-hydrogen) atoms. The van der Waals surface area contributed by atoms with Gasteiger partial charge in [-0.15, -0.1) is 12.4 Å². The van der Waals surface area contributed by atoms with Gasteiger partial charge in [0.1, 0.15) is 5.75 Å². The molecule has 0 heterocycles. The first-order valence-corrected chi connectivity index (χ1v) is 6.47. The summed E-state index contributed by atoms with van der Waals surface area (Å²) in [5.41, 5.74) is 0.974. The van der Waals surface area contributed by atoms with Crippen LogP contribution in [0.3, 0.4) is 0 Å². The summed E-state index contributed by atoms with van der Waals surface area (Å²) in [5, 5.41) is 8.29. The highest BCUT2D eigenvalue weighted by atomic mass is 35.5. The van der Waals surface area contributed by atoms with Gasteiger partial charge >= 0.3 is 0 Å². The number of halogens is 1. The fraction of sp³-hybridized carbons (Fsp3) is 0.429. The molecule has 0 unspecified atom stereocenters. The molecule has 1 aromatic rings. The third kappa shape index (κ3) is 6.01. The number of ether oxygens (including phenoxy) is 1. The second-order valence-corrected chi connectivity index (χ2v) is 4.25. The Labute approximate surface area is 131 Å². The molecule has 1 aromatic carbocycles. The highest BCUT2D eigenvalue weighted by Gasteiger charge is 2.11. The maximum Gasteiger partial charge on any atom is 0.251 e. The molecular weight excluding hydrogens is 294 g/mol. The zero-order valence-corrected chi connectivity index (χ0v) is 13.3. The molecule has 0 fully saturated rings. The van der Waals surface area contributed by atoms with Crippen LogP contribution in [0.2, 0.25) is 0 Å². The summed E-state index contributed by atoms with van der Waals surface area (Å²) in [5.74, 6) is 0.213. The monoisotopic (exact) mass is 315 g/mol. The highest BCUT2D eigenvalue weighted by Crippen LogP contribution is 2.25.